The van der Waals surface area contributed by atoms with Crippen molar-refractivity contribution in [3.05, 3.63) is 70.8 Å². The Morgan fingerprint density at radius 2 is 1.58 bits per heavy atom. The van der Waals surface area contributed by atoms with E-state index in [1.165, 1.54) is 10.2 Å². The minimum atomic E-state index is -5.08. The van der Waals surface area contributed by atoms with Crippen LogP contribution in [0.4, 0.5) is 13.2 Å². The van der Waals surface area contributed by atoms with Crippen molar-refractivity contribution in [3.63, 3.8) is 0 Å². The highest BCUT2D eigenvalue weighted by Gasteiger charge is 2.38. The van der Waals surface area contributed by atoms with E-state index in [0.29, 0.717) is 37.5 Å². The summed E-state index contributed by atoms with van der Waals surface area (Å²) in [6.07, 6.45) is -1.84. The largest absolute Gasteiger partial charge is 0.496 e. The number of aromatic nitrogens is 1. The zero-order chi connectivity index (χ0) is 31.7. The number of methoxy groups -OCH3 is 1. The Balaban J connectivity index is 0.000000541. The van der Waals surface area contributed by atoms with Gasteiger partial charge in [0.15, 0.2) is 0 Å². The van der Waals surface area contributed by atoms with Crippen molar-refractivity contribution in [2.45, 2.75) is 30.0 Å². The Kier molecular flexibility index (Phi) is 9.42. The van der Waals surface area contributed by atoms with Gasteiger partial charge in [-0.2, -0.15) is 13.2 Å². The number of alkyl halides is 3. The van der Waals surface area contributed by atoms with Crippen LogP contribution in [-0.4, -0.2) is 85.7 Å². The standard InChI is InChI=1S/C27H28BrN3O4S.C2HF3O2/c1-29-15-13-18(14-16-29)30(2)27(32)22-17-31(26-21(22)9-6-10-23(26)28)36(33,34)25-12-11-24(35-3)19-7-4-5-8-20(19)25;3-2(4,5)1(6)7/h4-12,17-18H,13-16H2,1-3H3;(H,6,7). The third kappa shape index (κ3) is 6.50. The molecule has 4 aromatic rings. The maximum absolute atomic E-state index is 14.1. The molecule has 0 spiro atoms. The van der Waals surface area contributed by atoms with E-state index in [9.17, 15) is 26.4 Å². The van der Waals surface area contributed by atoms with E-state index in [1.807, 2.05) is 25.2 Å². The van der Waals surface area contributed by atoms with Gasteiger partial charge >= 0.3 is 12.1 Å². The molecular weight excluding hydrogens is 655 g/mol. The third-order valence-electron chi connectivity index (χ3n) is 7.37. The van der Waals surface area contributed by atoms with Gasteiger partial charge in [-0.3, -0.25) is 4.79 Å². The summed E-state index contributed by atoms with van der Waals surface area (Å²) in [5, 5.41) is 8.98. The molecule has 0 radical (unpaired) electrons. The fourth-order valence-corrected chi connectivity index (χ4v) is 7.32. The first-order valence-corrected chi connectivity index (χ1v) is 15.3. The maximum atomic E-state index is 14.1. The number of carbonyl (C=O) groups is 2. The number of amides is 1. The quantitative estimate of drug-likeness (QED) is 0.292. The van der Waals surface area contributed by atoms with Gasteiger partial charge in [-0.15, -0.1) is 0 Å². The molecule has 0 saturated carbocycles. The van der Waals surface area contributed by atoms with Crippen LogP contribution >= 0.6 is 15.9 Å². The Labute approximate surface area is 254 Å². The van der Waals surface area contributed by atoms with Gasteiger partial charge < -0.3 is 19.6 Å². The van der Waals surface area contributed by atoms with Crippen molar-refractivity contribution >= 4 is 59.5 Å². The van der Waals surface area contributed by atoms with Crippen molar-refractivity contribution in [1.82, 2.24) is 13.8 Å². The van der Waals surface area contributed by atoms with Gasteiger partial charge in [-0.25, -0.2) is 17.2 Å². The topological polar surface area (TPSA) is 109 Å². The molecule has 0 atom stereocenters. The summed E-state index contributed by atoms with van der Waals surface area (Å²) in [5.41, 5.74) is 0.812. The van der Waals surface area contributed by atoms with E-state index in [2.05, 4.69) is 27.9 Å². The molecule has 3 aromatic carbocycles. The van der Waals surface area contributed by atoms with Crippen LogP contribution in [0.25, 0.3) is 21.7 Å². The zero-order valence-corrected chi connectivity index (χ0v) is 25.8. The Hall–Kier alpha value is -3.62. The Bertz CT molecular complexity index is 1780. The van der Waals surface area contributed by atoms with Crippen LogP contribution < -0.4 is 4.74 Å². The molecule has 230 valence electrons. The second kappa shape index (κ2) is 12.5. The van der Waals surface area contributed by atoms with Gasteiger partial charge in [0.2, 0.25) is 0 Å². The number of fused-ring (bicyclic) bond motifs is 2. The number of carboxylic acids is 1. The molecule has 1 fully saturated rings. The first-order chi connectivity index (χ1) is 20.2. The summed E-state index contributed by atoms with van der Waals surface area (Å²) in [6.45, 7) is 1.85. The second-order valence-electron chi connectivity index (χ2n) is 10.0. The number of para-hydroxylation sites is 1. The minimum Gasteiger partial charge on any atom is -0.496 e. The number of aliphatic carboxylic acids is 1. The number of hydrogen-bond acceptors (Lipinski definition) is 6. The van der Waals surface area contributed by atoms with Gasteiger partial charge in [-0.05, 0) is 67.1 Å². The van der Waals surface area contributed by atoms with Crippen molar-refractivity contribution in [2.75, 3.05) is 34.3 Å². The van der Waals surface area contributed by atoms with Gasteiger partial charge in [0, 0.05) is 39.9 Å². The van der Waals surface area contributed by atoms with Crippen molar-refractivity contribution in [1.29, 1.82) is 0 Å². The lowest BCUT2D eigenvalue weighted by Gasteiger charge is -2.35. The average molecular weight is 685 g/mol. The predicted molar refractivity (Wildman–Crippen MR) is 159 cm³/mol. The average Bonchev–Trinajstić information content (AvgIpc) is 3.38. The van der Waals surface area contributed by atoms with Crippen molar-refractivity contribution in [3.8, 4) is 5.75 Å². The predicted octanol–water partition coefficient (Wildman–Crippen LogP) is 5.60. The first-order valence-electron chi connectivity index (χ1n) is 13.0. The van der Waals surface area contributed by atoms with Crippen LogP contribution in [0, 0.1) is 0 Å². The lowest BCUT2D eigenvalue weighted by atomic mass is 10.0. The number of carboxylic acid groups (broad SMARTS) is 1. The molecular formula is C29H29BrF3N3O6S. The molecule has 1 aliphatic rings. The molecule has 0 aliphatic carbocycles. The highest BCUT2D eigenvalue weighted by Crippen LogP contribution is 2.36. The van der Waals surface area contributed by atoms with Crippen molar-refractivity contribution < 1.29 is 41.0 Å². The number of piperidine rings is 1. The summed E-state index contributed by atoms with van der Waals surface area (Å²) in [5.74, 6) is -2.34. The van der Waals surface area contributed by atoms with Gasteiger partial charge in [0.1, 0.15) is 5.75 Å². The summed E-state index contributed by atoms with van der Waals surface area (Å²) >= 11 is 3.53. The summed E-state index contributed by atoms with van der Waals surface area (Å²) in [7, 11) is 1.40. The van der Waals surface area contributed by atoms with E-state index in [-0.39, 0.29) is 16.8 Å². The number of likely N-dealkylation sites (tertiary alicyclic amines) is 1. The SMILES string of the molecule is COc1ccc(S(=O)(=O)n2cc(C(=O)N(C)C3CCN(C)CC3)c3cccc(Br)c32)c2ccccc12.O=C(O)C(F)(F)F. The molecule has 1 saturated heterocycles. The zero-order valence-electron chi connectivity index (χ0n) is 23.4. The number of carbonyl (C=O) groups excluding carboxylic acids is 1. The minimum absolute atomic E-state index is 0.112. The number of ether oxygens (including phenoxy) is 1. The molecule has 2 heterocycles. The Morgan fingerprint density at radius 3 is 2.16 bits per heavy atom. The molecule has 14 heteroatoms. The fraction of sp³-hybridized carbons (Fsp3) is 0.310. The molecule has 1 N–H and O–H groups in total. The van der Waals surface area contributed by atoms with Crippen molar-refractivity contribution in [2.24, 2.45) is 0 Å². The highest BCUT2D eigenvalue weighted by atomic mass is 79.9. The number of nitrogens with zero attached hydrogens (tertiary/aromatic N) is 3. The highest BCUT2D eigenvalue weighted by molar-refractivity contribution is 9.10. The normalized spacial score (nSPS) is 14.8. The van der Waals surface area contributed by atoms with Crippen LogP contribution in [0.3, 0.4) is 0 Å². The fourth-order valence-electron chi connectivity index (χ4n) is 5.06. The van der Waals surface area contributed by atoms with Crippen LogP contribution in [0.5, 0.6) is 5.75 Å². The molecule has 43 heavy (non-hydrogen) atoms. The Morgan fingerprint density at radius 1 is 1.00 bits per heavy atom. The third-order valence-corrected chi connectivity index (χ3v) is 9.73. The number of benzene rings is 3. The summed E-state index contributed by atoms with van der Waals surface area (Å²) < 4.78 is 67.3. The monoisotopic (exact) mass is 683 g/mol. The van der Waals surface area contributed by atoms with E-state index < -0.39 is 22.2 Å². The van der Waals surface area contributed by atoms with Gasteiger partial charge in [-0.1, -0.05) is 36.4 Å². The summed E-state index contributed by atoms with van der Waals surface area (Å²) in [6, 6.07) is 16.0. The van der Waals surface area contributed by atoms with E-state index in [1.54, 1.807) is 48.4 Å². The molecule has 0 unspecified atom stereocenters. The molecule has 5 rings (SSSR count). The van der Waals surface area contributed by atoms with E-state index in [0.717, 1.165) is 25.9 Å². The smallest absolute Gasteiger partial charge is 0.490 e. The lowest BCUT2D eigenvalue weighted by molar-refractivity contribution is -0.192. The number of rotatable bonds is 5. The molecule has 1 aliphatic heterocycles. The van der Waals surface area contributed by atoms with Crippen LogP contribution in [0.1, 0.15) is 23.2 Å². The van der Waals surface area contributed by atoms with E-state index >= 15 is 0 Å². The number of halogens is 4. The van der Waals surface area contributed by atoms with Crippen LogP contribution in [-0.2, 0) is 14.8 Å². The summed E-state index contributed by atoms with van der Waals surface area (Å²) in [4.78, 5) is 26.8. The van der Waals surface area contributed by atoms with Gasteiger partial charge in [0.05, 0.1) is 23.1 Å². The lowest BCUT2D eigenvalue weighted by Crippen LogP contribution is -2.44. The molecule has 1 aromatic heterocycles. The van der Waals surface area contributed by atoms with Gasteiger partial charge in [0.25, 0.3) is 15.9 Å². The maximum Gasteiger partial charge on any atom is 0.490 e. The molecule has 1 amide bonds. The van der Waals surface area contributed by atoms with Crippen LogP contribution in [0.2, 0.25) is 0 Å². The second-order valence-corrected chi connectivity index (χ2v) is 12.7. The van der Waals surface area contributed by atoms with E-state index in [4.69, 9.17) is 14.6 Å². The first kappa shape index (κ1) is 32.3. The number of hydrogen-bond donors (Lipinski definition) is 1. The van der Waals surface area contributed by atoms with Crippen LogP contribution in [0.15, 0.2) is 70.2 Å². The molecule has 9 nitrogen and oxygen atoms in total. The molecule has 0 bridgehead atoms.